The van der Waals surface area contributed by atoms with Gasteiger partial charge in [0, 0.05) is 29.0 Å². The molecule has 4 nitrogen and oxygen atoms in total. The van der Waals surface area contributed by atoms with Gasteiger partial charge in [-0.2, -0.15) is 0 Å². The van der Waals surface area contributed by atoms with E-state index in [1.54, 1.807) is 6.33 Å². The van der Waals surface area contributed by atoms with Crippen LogP contribution in [-0.2, 0) is 13.1 Å². The van der Waals surface area contributed by atoms with E-state index in [1.807, 2.05) is 24.5 Å². The average molecular weight is 277 g/mol. The van der Waals surface area contributed by atoms with Crippen LogP contribution in [0.1, 0.15) is 11.3 Å². The van der Waals surface area contributed by atoms with Crippen molar-refractivity contribution in [1.82, 2.24) is 15.0 Å². The zero-order valence-electron chi connectivity index (χ0n) is 8.47. The first-order valence-corrected chi connectivity index (χ1v) is 5.76. The lowest BCUT2D eigenvalue weighted by molar-refractivity contribution is 0.848. The van der Waals surface area contributed by atoms with Gasteiger partial charge in [0.25, 0.3) is 0 Å². The van der Waals surface area contributed by atoms with E-state index in [4.69, 9.17) is 0 Å². The highest BCUT2D eigenvalue weighted by Gasteiger charge is 2.20. The SMILES string of the molecule is Brc1ccc(N2Cc3cncnc3C2)nc1. The largest absolute Gasteiger partial charge is 0.346 e. The smallest absolute Gasteiger partial charge is 0.129 e. The number of hydrogen-bond donors (Lipinski definition) is 0. The fourth-order valence-electron chi connectivity index (χ4n) is 1.82. The molecule has 16 heavy (non-hydrogen) atoms. The summed E-state index contributed by atoms with van der Waals surface area (Å²) < 4.78 is 0.993. The monoisotopic (exact) mass is 276 g/mol. The maximum atomic E-state index is 4.37. The number of nitrogens with zero attached hydrogens (tertiary/aromatic N) is 4. The van der Waals surface area contributed by atoms with Gasteiger partial charge in [0.15, 0.2) is 0 Å². The molecule has 0 bridgehead atoms. The van der Waals surface area contributed by atoms with Crippen LogP contribution in [0.2, 0.25) is 0 Å². The Morgan fingerprint density at radius 3 is 2.81 bits per heavy atom. The highest BCUT2D eigenvalue weighted by molar-refractivity contribution is 9.10. The van der Waals surface area contributed by atoms with Crippen LogP contribution in [0.25, 0.3) is 0 Å². The topological polar surface area (TPSA) is 41.9 Å². The fourth-order valence-corrected chi connectivity index (χ4v) is 2.05. The summed E-state index contributed by atoms with van der Waals surface area (Å²) in [7, 11) is 0. The Bertz CT molecular complexity index is 487. The quantitative estimate of drug-likeness (QED) is 0.801. The minimum absolute atomic E-state index is 0.812. The van der Waals surface area contributed by atoms with Crippen LogP contribution in [-0.4, -0.2) is 15.0 Å². The van der Waals surface area contributed by atoms with Crippen LogP contribution in [0.15, 0.2) is 35.3 Å². The van der Waals surface area contributed by atoms with Gasteiger partial charge in [0.1, 0.15) is 12.1 Å². The minimum atomic E-state index is 0.812. The van der Waals surface area contributed by atoms with Crippen molar-refractivity contribution in [3.8, 4) is 0 Å². The number of aromatic nitrogens is 3. The van der Waals surface area contributed by atoms with E-state index in [2.05, 4.69) is 35.8 Å². The molecule has 0 saturated carbocycles. The van der Waals surface area contributed by atoms with Gasteiger partial charge in [-0.15, -0.1) is 0 Å². The molecule has 3 heterocycles. The zero-order valence-corrected chi connectivity index (χ0v) is 10.1. The Kier molecular flexibility index (Phi) is 2.32. The summed E-state index contributed by atoms with van der Waals surface area (Å²) in [5, 5.41) is 0. The lowest BCUT2D eigenvalue weighted by atomic mass is 10.3. The predicted octanol–water partition coefficient (Wildman–Crippen LogP) is 2.15. The van der Waals surface area contributed by atoms with Gasteiger partial charge in [-0.3, -0.25) is 0 Å². The second-order valence-corrected chi connectivity index (χ2v) is 4.60. The summed E-state index contributed by atoms with van der Waals surface area (Å²) in [5.74, 6) is 0.973. The van der Waals surface area contributed by atoms with Gasteiger partial charge in [-0.05, 0) is 28.1 Å². The molecule has 2 aromatic heterocycles. The van der Waals surface area contributed by atoms with Gasteiger partial charge in [-0.25, -0.2) is 15.0 Å². The molecule has 0 amide bonds. The molecule has 0 aliphatic carbocycles. The van der Waals surface area contributed by atoms with Gasteiger partial charge in [-0.1, -0.05) is 0 Å². The lowest BCUT2D eigenvalue weighted by Crippen LogP contribution is -2.15. The number of anilines is 1. The number of rotatable bonds is 1. The molecule has 0 radical (unpaired) electrons. The standard InChI is InChI=1S/C11H9BrN4/c12-9-1-2-11(14-4-9)16-5-8-3-13-7-15-10(8)6-16/h1-4,7H,5-6H2. The second kappa shape index (κ2) is 3.83. The highest BCUT2D eigenvalue weighted by atomic mass is 79.9. The number of pyridine rings is 1. The van der Waals surface area contributed by atoms with E-state index < -0.39 is 0 Å². The van der Waals surface area contributed by atoms with E-state index in [-0.39, 0.29) is 0 Å². The highest BCUT2D eigenvalue weighted by Crippen LogP contribution is 2.25. The first kappa shape index (κ1) is 9.72. The first-order chi connectivity index (χ1) is 7.83. The van der Waals surface area contributed by atoms with Crippen molar-refractivity contribution in [2.24, 2.45) is 0 Å². The van der Waals surface area contributed by atoms with Crippen LogP contribution in [0, 0.1) is 0 Å². The van der Waals surface area contributed by atoms with Crippen molar-refractivity contribution < 1.29 is 0 Å². The molecule has 0 N–H and O–H groups in total. The van der Waals surface area contributed by atoms with E-state index in [9.17, 15) is 0 Å². The molecule has 0 unspecified atom stereocenters. The third-order valence-corrected chi connectivity index (χ3v) is 3.09. The van der Waals surface area contributed by atoms with Crippen molar-refractivity contribution in [2.75, 3.05) is 4.90 Å². The molecule has 0 spiro atoms. The Labute approximate surface area is 101 Å². The third kappa shape index (κ3) is 1.67. The molecular weight excluding hydrogens is 268 g/mol. The number of fused-ring (bicyclic) bond motifs is 1. The average Bonchev–Trinajstić information content (AvgIpc) is 2.73. The summed E-state index contributed by atoms with van der Waals surface area (Å²) in [4.78, 5) is 14.9. The van der Waals surface area contributed by atoms with Gasteiger partial charge >= 0.3 is 0 Å². The maximum Gasteiger partial charge on any atom is 0.129 e. The van der Waals surface area contributed by atoms with E-state index in [0.29, 0.717) is 0 Å². The molecule has 0 saturated heterocycles. The number of hydrogen-bond acceptors (Lipinski definition) is 4. The number of halogens is 1. The van der Waals surface area contributed by atoms with Crippen LogP contribution < -0.4 is 4.90 Å². The molecule has 0 aromatic carbocycles. The predicted molar refractivity (Wildman–Crippen MR) is 63.9 cm³/mol. The Morgan fingerprint density at radius 2 is 2.06 bits per heavy atom. The fraction of sp³-hybridized carbons (Fsp3) is 0.182. The third-order valence-electron chi connectivity index (χ3n) is 2.62. The van der Waals surface area contributed by atoms with Crippen molar-refractivity contribution in [1.29, 1.82) is 0 Å². The molecule has 5 heteroatoms. The van der Waals surface area contributed by atoms with Crippen molar-refractivity contribution in [3.05, 3.63) is 46.6 Å². The molecule has 1 aliphatic rings. The molecular formula is C11H9BrN4. The van der Waals surface area contributed by atoms with Crippen LogP contribution in [0.4, 0.5) is 5.82 Å². The normalized spacial score (nSPS) is 13.9. The van der Waals surface area contributed by atoms with E-state index in [1.165, 1.54) is 5.56 Å². The molecule has 2 aromatic rings. The lowest BCUT2D eigenvalue weighted by Gasteiger charge is -2.15. The van der Waals surface area contributed by atoms with Gasteiger partial charge in [0.2, 0.25) is 0 Å². The summed E-state index contributed by atoms with van der Waals surface area (Å²) in [6, 6.07) is 4.00. The van der Waals surface area contributed by atoms with Crippen molar-refractivity contribution in [2.45, 2.75) is 13.1 Å². The molecule has 1 aliphatic heterocycles. The summed E-state index contributed by atoms with van der Waals surface area (Å²) >= 11 is 3.38. The molecule has 0 atom stereocenters. The maximum absolute atomic E-state index is 4.37. The van der Waals surface area contributed by atoms with Crippen LogP contribution in [0.3, 0.4) is 0 Å². The zero-order chi connectivity index (χ0) is 11.0. The van der Waals surface area contributed by atoms with Crippen molar-refractivity contribution in [3.63, 3.8) is 0 Å². The first-order valence-electron chi connectivity index (χ1n) is 4.97. The van der Waals surface area contributed by atoms with Crippen LogP contribution in [0.5, 0.6) is 0 Å². The van der Waals surface area contributed by atoms with Gasteiger partial charge < -0.3 is 4.90 Å². The van der Waals surface area contributed by atoms with Crippen LogP contribution >= 0.6 is 15.9 Å². The minimum Gasteiger partial charge on any atom is -0.346 e. The summed E-state index contributed by atoms with van der Waals surface area (Å²) in [6.45, 7) is 1.65. The van der Waals surface area contributed by atoms with Crippen molar-refractivity contribution >= 4 is 21.7 Å². The molecule has 3 rings (SSSR count). The van der Waals surface area contributed by atoms with E-state index in [0.717, 1.165) is 29.1 Å². The Morgan fingerprint density at radius 1 is 1.12 bits per heavy atom. The summed E-state index contributed by atoms with van der Waals surface area (Å²) in [5.41, 5.74) is 2.28. The van der Waals surface area contributed by atoms with E-state index >= 15 is 0 Å². The van der Waals surface area contributed by atoms with Gasteiger partial charge in [0.05, 0.1) is 12.2 Å². The Balaban J connectivity index is 1.88. The summed E-state index contributed by atoms with van der Waals surface area (Å²) in [6.07, 6.45) is 5.28. The Hall–Kier alpha value is -1.49. The second-order valence-electron chi connectivity index (χ2n) is 3.69. The molecule has 0 fully saturated rings. The molecule has 80 valence electrons.